The van der Waals surface area contributed by atoms with Crippen LogP contribution in [0, 0.1) is 0 Å². The van der Waals surface area contributed by atoms with Crippen LogP contribution in [0.4, 0.5) is 11.5 Å². The molecule has 0 aliphatic heterocycles. The van der Waals surface area contributed by atoms with E-state index in [1.54, 1.807) is 30.6 Å². The SMILES string of the molecule is O=C(O)c1cccnc1Nc1c(Cl)cc(-c2ccncc2)cc1Cl. The van der Waals surface area contributed by atoms with E-state index in [0.29, 0.717) is 15.7 Å². The predicted molar refractivity (Wildman–Crippen MR) is 94.2 cm³/mol. The molecule has 2 aromatic heterocycles. The van der Waals surface area contributed by atoms with Crippen molar-refractivity contribution in [2.75, 3.05) is 5.32 Å². The second kappa shape index (κ2) is 6.86. The number of aromatic nitrogens is 2. The van der Waals surface area contributed by atoms with E-state index in [1.807, 2.05) is 12.1 Å². The molecule has 0 aliphatic rings. The molecule has 0 aliphatic carbocycles. The van der Waals surface area contributed by atoms with Crippen molar-refractivity contribution in [1.82, 2.24) is 9.97 Å². The van der Waals surface area contributed by atoms with Gasteiger partial charge in [-0.1, -0.05) is 23.2 Å². The number of benzene rings is 1. The third kappa shape index (κ3) is 3.32. The quantitative estimate of drug-likeness (QED) is 0.693. The first-order chi connectivity index (χ1) is 11.6. The van der Waals surface area contributed by atoms with Crippen LogP contribution in [0.15, 0.2) is 55.0 Å². The summed E-state index contributed by atoms with van der Waals surface area (Å²) >= 11 is 12.7. The molecule has 0 radical (unpaired) electrons. The van der Waals surface area contributed by atoms with E-state index in [4.69, 9.17) is 23.2 Å². The summed E-state index contributed by atoms with van der Waals surface area (Å²) in [5, 5.41) is 12.8. The Bertz CT molecular complexity index is 878. The smallest absolute Gasteiger partial charge is 0.339 e. The minimum absolute atomic E-state index is 0.0304. The van der Waals surface area contributed by atoms with Crippen molar-refractivity contribution in [2.24, 2.45) is 0 Å². The number of carboxylic acid groups (broad SMARTS) is 1. The number of hydrogen-bond donors (Lipinski definition) is 2. The molecule has 5 nitrogen and oxygen atoms in total. The van der Waals surface area contributed by atoms with Crippen LogP contribution < -0.4 is 5.32 Å². The summed E-state index contributed by atoms with van der Waals surface area (Å²) < 4.78 is 0. The number of aromatic carboxylic acids is 1. The van der Waals surface area contributed by atoms with Crippen LogP contribution in [0.3, 0.4) is 0 Å². The summed E-state index contributed by atoms with van der Waals surface area (Å²) in [5.74, 6) is -0.920. The van der Waals surface area contributed by atoms with E-state index in [9.17, 15) is 9.90 Å². The van der Waals surface area contributed by atoms with Crippen molar-refractivity contribution in [3.05, 3.63) is 70.6 Å². The number of pyridine rings is 2. The van der Waals surface area contributed by atoms with Gasteiger partial charge in [-0.05, 0) is 47.5 Å². The first-order valence-electron chi connectivity index (χ1n) is 6.91. The maximum atomic E-state index is 11.3. The van der Waals surface area contributed by atoms with Crippen LogP contribution in [0.1, 0.15) is 10.4 Å². The van der Waals surface area contributed by atoms with Crippen molar-refractivity contribution < 1.29 is 9.90 Å². The number of rotatable bonds is 4. The van der Waals surface area contributed by atoms with E-state index in [0.717, 1.165) is 11.1 Å². The number of nitrogens with one attached hydrogen (secondary N) is 1. The molecule has 0 spiro atoms. The zero-order valence-electron chi connectivity index (χ0n) is 12.2. The van der Waals surface area contributed by atoms with Crippen LogP contribution >= 0.6 is 23.2 Å². The molecule has 24 heavy (non-hydrogen) atoms. The predicted octanol–water partition coefficient (Wildman–Crippen LogP) is 4.89. The summed E-state index contributed by atoms with van der Waals surface area (Å²) in [6, 6.07) is 10.2. The van der Waals surface area contributed by atoms with Crippen molar-refractivity contribution >= 4 is 40.7 Å². The lowest BCUT2D eigenvalue weighted by Gasteiger charge is -2.13. The van der Waals surface area contributed by atoms with Gasteiger partial charge in [-0.2, -0.15) is 0 Å². The number of halogens is 2. The first kappa shape index (κ1) is 16.2. The molecule has 0 fully saturated rings. The summed E-state index contributed by atoms with van der Waals surface area (Å²) in [5.41, 5.74) is 2.18. The molecule has 0 saturated heterocycles. The lowest BCUT2D eigenvalue weighted by Crippen LogP contribution is -2.05. The lowest BCUT2D eigenvalue weighted by molar-refractivity contribution is 0.0697. The Balaban J connectivity index is 2.00. The second-order valence-corrected chi connectivity index (χ2v) is 5.69. The standard InChI is InChI=1S/C17H11Cl2N3O2/c18-13-8-11(10-3-6-20-7-4-10)9-14(19)15(13)22-16-12(17(23)24)2-1-5-21-16/h1-9H,(H,21,22)(H,23,24). The van der Waals surface area contributed by atoms with E-state index >= 15 is 0 Å². The molecule has 2 heterocycles. The Kier molecular flexibility index (Phi) is 4.64. The van der Waals surface area contributed by atoms with Gasteiger partial charge >= 0.3 is 5.97 Å². The van der Waals surface area contributed by atoms with Crippen molar-refractivity contribution in [3.8, 4) is 11.1 Å². The van der Waals surface area contributed by atoms with Crippen LogP contribution in [0.2, 0.25) is 10.0 Å². The fourth-order valence-electron chi connectivity index (χ4n) is 2.20. The Labute approximate surface area is 147 Å². The third-order valence-electron chi connectivity index (χ3n) is 3.34. The summed E-state index contributed by atoms with van der Waals surface area (Å²) in [7, 11) is 0. The fraction of sp³-hybridized carbons (Fsp3) is 0. The molecule has 7 heteroatoms. The average molecular weight is 360 g/mol. The van der Waals surface area contributed by atoms with Gasteiger partial charge in [-0.15, -0.1) is 0 Å². The van der Waals surface area contributed by atoms with Crippen molar-refractivity contribution in [3.63, 3.8) is 0 Å². The number of carboxylic acids is 1. The maximum Gasteiger partial charge on any atom is 0.339 e. The Hall–Kier alpha value is -2.63. The highest BCUT2D eigenvalue weighted by molar-refractivity contribution is 6.39. The lowest BCUT2D eigenvalue weighted by atomic mass is 10.1. The fourth-order valence-corrected chi connectivity index (χ4v) is 2.78. The monoisotopic (exact) mass is 359 g/mol. The number of carbonyl (C=O) groups is 1. The molecule has 3 aromatic rings. The minimum Gasteiger partial charge on any atom is -0.478 e. The number of nitrogens with zero attached hydrogens (tertiary/aromatic N) is 2. The zero-order valence-corrected chi connectivity index (χ0v) is 13.7. The highest BCUT2D eigenvalue weighted by Gasteiger charge is 2.15. The van der Waals surface area contributed by atoms with Crippen LogP contribution in [-0.2, 0) is 0 Å². The molecule has 2 N–H and O–H groups in total. The Morgan fingerprint density at radius 1 is 1.00 bits per heavy atom. The van der Waals surface area contributed by atoms with Gasteiger partial charge in [0, 0.05) is 18.6 Å². The summed E-state index contributed by atoms with van der Waals surface area (Å²) in [4.78, 5) is 19.3. The summed E-state index contributed by atoms with van der Waals surface area (Å²) in [6.45, 7) is 0. The maximum absolute atomic E-state index is 11.3. The zero-order chi connectivity index (χ0) is 17.1. The Morgan fingerprint density at radius 3 is 2.29 bits per heavy atom. The van der Waals surface area contributed by atoms with Gasteiger partial charge in [0.15, 0.2) is 0 Å². The van der Waals surface area contributed by atoms with Crippen LogP contribution in [0.5, 0.6) is 0 Å². The highest BCUT2D eigenvalue weighted by Crippen LogP contribution is 2.37. The van der Waals surface area contributed by atoms with E-state index in [-0.39, 0.29) is 11.4 Å². The topological polar surface area (TPSA) is 75.1 Å². The molecule has 0 unspecified atom stereocenters. The molecule has 0 bridgehead atoms. The molecule has 0 saturated carbocycles. The second-order valence-electron chi connectivity index (χ2n) is 4.88. The van der Waals surface area contributed by atoms with Gasteiger partial charge in [-0.25, -0.2) is 9.78 Å². The summed E-state index contributed by atoms with van der Waals surface area (Å²) in [6.07, 6.45) is 4.84. The van der Waals surface area contributed by atoms with Crippen molar-refractivity contribution in [2.45, 2.75) is 0 Å². The number of anilines is 2. The van der Waals surface area contributed by atoms with E-state index in [1.165, 1.54) is 12.3 Å². The molecule has 0 amide bonds. The van der Waals surface area contributed by atoms with Gasteiger partial charge in [0.25, 0.3) is 0 Å². The van der Waals surface area contributed by atoms with E-state index in [2.05, 4.69) is 15.3 Å². The molecule has 0 atom stereocenters. The van der Waals surface area contributed by atoms with Gasteiger partial charge in [0.1, 0.15) is 11.4 Å². The number of hydrogen-bond acceptors (Lipinski definition) is 4. The molecule has 120 valence electrons. The molecule has 1 aromatic carbocycles. The highest BCUT2D eigenvalue weighted by atomic mass is 35.5. The third-order valence-corrected chi connectivity index (χ3v) is 3.93. The van der Waals surface area contributed by atoms with Crippen LogP contribution in [-0.4, -0.2) is 21.0 Å². The van der Waals surface area contributed by atoms with Crippen LogP contribution in [0.25, 0.3) is 11.1 Å². The molecule has 3 rings (SSSR count). The van der Waals surface area contributed by atoms with Gasteiger partial charge < -0.3 is 10.4 Å². The van der Waals surface area contributed by atoms with Gasteiger partial charge in [0.2, 0.25) is 0 Å². The van der Waals surface area contributed by atoms with Gasteiger partial charge in [-0.3, -0.25) is 4.98 Å². The van der Waals surface area contributed by atoms with Crippen molar-refractivity contribution in [1.29, 1.82) is 0 Å². The Morgan fingerprint density at radius 2 is 1.67 bits per heavy atom. The largest absolute Gasteiger partial charge is 0.478 e. The van der Waals surface area contributed by atoms with Gasteiger partial charge in [0.05, 0.1) is 15.7 Å². The minimum atomic E-state index is -1.09. The average Bonchev–Trinajstić information content (AvgIpc) is 2.59. The first-order valence-corrected chi connectivity index (χ1v) is 7.66. The molecular weight excluding hydrogens is 349 g/mol. The molecular formula is C17H11Cl2N3O2. The van der Waals surface area contributed by atoms with E-state index < -0.39 is 5.97 Å². The normalized spacial score (nSPS) is 10.4.